The summed E-state index contributed by atoms with van der Waals surface area (Å²) < 4.78 is 5.19. The van der Waals surface area contributed by atoms with Crippen LogP contribution in [-0.2, 0) is 0 Å². The Morgan fingerprint density at radius 1 is 0.533 bits per heavy atom. The molecule has 0 N–H and O–H groups in total. The van der Waals surface area contributed by atoms with E-state index in [0.717, 1.165) is 0 Å². The Labute approximate surface area is 177 Å². The summed E-state index contributed by atoms with van der Waals surface area (Å²) in [7, 11) is 0. The number of benzene rings is 5. The topological polar surface area (TPSA) is 4.93 Å². The number of thiophene rings is 1. The molecule has 0 unspecified atom stereocenters. The minimum atomic E-state index is 1.24. The highest BCUT2D eigenvalue weighted by Gasteiger charge is 2.20. The molecular formula is C28H17NS. The fourth-order valence-electron chi connectivity index (χ4n) is 4.88. The second-order valence-electron chi connectivity index (χ2n) is 7.79. The molecule has 0 saturated heterocycles. The van der Waals surface area contributed by atoms with Gasteiger partial charge in [0.25, 0.3) is 0 Å². The van der Waals surface area contributed by atoms with Gasteiger partial charge in [-0.1, -0.05) is 84.9 Å². The molecule has 7 aromatic rings. The highest BCUT2D eigenvalue weighted by Crippen LogP contribution is 2.45. The Bertz CT molecular complexity index is 1740. The summed E-state index contributed by atoms with van der Waals surface area (Å²) in [5.74, 6) is 0. The lowest BCUT2D eigenvalue weighted by Gasteiger charge is -2.12. The van der Waals surface area contributed by atoms with E-state index in [1.807, 2.05) is 11.3 Å². The molecule has 2 heteroatoms. The molecule has 1 nitrogen and oxygen atoms in total. The lowest BCUT2D eigenvalue weighted by molar-refractivity contribution is 1.21. The zero-order valence-corrected chi connectivity index (χ0v) is 17.0. The van der Waals surface area contributed by atoms with Gasteiger partial charge in [0.05, 0.1) is 21.4 Å². The van der Waals surface area contributed by atoms with Gasteiger partial charge in [0.15, 0.2) is 0 Å². The van der Waals surface area contributed by atoms with Gasteiger partial charge in [0.1, 0.15) is 0 Å². The van der Waals surface area contributed by atoms with Crippen LogP contribution in [0.2, 0.25) is 0 Å². The van der Waals surface area contributed by atoms with Crippen LogP contribution in [0.4, 0.5) is 0 Å². The Morgan fingerprint density at radius 2 is 1.20 bits per heavy atom. The molecule has 0 bridgehead atoms. The third-order valence-corrected chi connectivity index (χ3v) is 7.35. The Balaban J connectivity index is 1.80. The summed E-state index contributed by atoms with van der Waals surface area (Å²) in [6.45, 7) is 0. The first-order valence-corrected chi connectivity index (χ1v) is 11.0. The SMILES string of the molecule is c1ccc2c(-n3c4ccc5ccccc5c4c4sc5ccccc5c43)cccc2c1. The van der Waals surface area contributed by atoms with Gasteiger partial charge in [-0.05, 0) is 34.4 Å². The van der Waals surface area contributed by atoms with Gasteiger partial charge in [-0.25, -0.2) is 0 Å². The Kier molecular flexibility index (Phi) is 3.21. The summed E-state index contributed by atoms with van der Waals surface area (Å²) in [5.41, 5.74) is 3.84. The van der Waals surface area contributed by atoms with E-state index in [1.54, 1.807) is 0 Å². The van der Waals surface area contributed by atoms with Crippen LogP contribution in [0.5, 0.6) is 0 Å². The monoisotopic (exact) mass is 399 g/mol. The predicted octanol–water partition coefficient (Wildman–Crippen LogP) is 8.30. The third-order valence-electron chi connectivity index (χ3n) is 6.18. The molecule has 0 radical (unpaired) electrons. The van der Waals surface area contributed by atoms with Gasteiger partial charge < -0.3 is 4.57 Å². The van der Waals surface area contributed by atoms with E-state index < -0.39 is 0 Å². The number of hydrogen-bond donors (Lipinski definition) is 0. The first-order valence-electron chi connectivity index (χ1n) is 10.2. The molecule has 0 aliphatic carbocycles. The van der Waals surface area contributed by atoms with Crippen LogP contribution in [0, 0.1) is 0 Å². The maximum atomic E-state index is 2.48. The molecule has 0 spiro atoms. The van der Waals surface area contributed by atoms with Gasteiger partial charge in [-0.3, -0.25) is 0 Å². The minimum Gasteiger partial charge on any atom is -0.307 e. The predicted molar refractivity (Wildman–Crippen MR) is 131 cm³/mol. The normalized spacial score (nSPS) is 12.0. The van der Waals surface area contributed by atoms with E-state index >= 15 is 0 Å². The van der Waals surface area contributed by atoms with Gasteiger partial charge in [-0.15, -0.1) is 11.3 Å². The van der Waals surface area contributed by atoms with Crippen molar-refractivity contribution in [1.29, 1.82) is 0 Å². The van der Waals surface area contributed by atoms with E-state index in [4.69, 9.17) is 0 Å². The maximum absolute atomic E-state index is 2.48. The molecule has 2 heterocycles. The van der Waals surface area contributed by atoms with Crippen molar-refractivity contribution in [2.45, 2.75) is 0 Å². The average Bonchev–Trinajstić information content (AvgIpc) is 3.33. The van der Waals surface area contributed by atoms with Crippen molar-refractivity contribution in [3.63, 3.8) is 0 Å². The lowest BCUT2D eigenvalue weighted by atomic mass is 10.1. The molecule has 0 amide bonds. The molecule has 0 aliphatic heterocycles. The van der Waals surface area contributed by atoms with Gasteiger partial charge in [0.2, 0.25) is 0 Å². The van der Waals surface area contributed by atoms with Gasteiger partial charge >= 0.3 is 0 Å². The minimum absolute atomic E-state index is 1.24. The van der Waals surface area contributed by atoms with Crippen LogP contribution in [0.15, 0.2) is 103 Å². The van der Waals surface area contributed by atoms with Crippen molar-refractivity contribution in [3.8, 4) is 5.69 Å². The summed E-state index contributed by atoms with van der Waals surface area (Å²) in [6.07, 6.45) is 0. The second-order valence-corrected chi connectivity index (χ2v) is 8.84. The molecule has 140 valence electrons. The molecule has 5 aromatic carbocycles. The summed E-state index contributed by atoms with van der Waals surface area (Å²) in [6, 6.07) is 37.4. The maximum Gasteiger partial charge on any atom is 0.0728 e. The molecular weight excluding hydrogens is 382 g/mol. The molecule has 0 aliphatic rings. The van der Waals surface area contributed by atoms with E-state index in [2.05, 4.69) is 108 Å². The quantitative estimate of drug-likeness (QED) is 0.262. The van der Waals surface area contributed by atoms with E-state index in [-0.39, 0.29) is 0 Å². The fraction of sp³-hybridized carbons (Fsp3) is 0. The number of aromatic nitrogens is 1. The van der Waals surface area contributed by atoms with Crippen LogP contribution < -0.4 is 0 Å². The highest BCUT2D eigenvalue weighted by molar-refractivity contribution is 7.26. The first kappa shape index (κ1) is 16.2. The van der Waals surface area contributed by atoms with E-state index in [9.17, 15) is 0 Å². The standard InChI is InChI=1S/C28H17NS/c1-3-11-20-18(8-1)10-7-14-23(20)29-24-17-16-19-9-2-4-12-21(19)26(24)28-27(29)22-13-5-6-15-25(22)30-28/h1-17H. The van der Waals surface area contributed by atoms with Crippen molar-refractivity contribution in [3.05, 3.63) is 103 Å². The Hall–Kier alpha value is -3.62. The second kappa shape index (κ2) is 5.94. The number of hydrogen-bond acceptors (Lipinski definition) is 1. The molecule has 0 saturated carbocycles. The summed E-state index contributed by atoms with van der Waals surface area (Å²) in [5, 5.41) is 7.85. The van der Waals surface area contributed by atoms with Crippen molar-refractivity contribution in [1.82, 2.24) is 4.57 Å². The van der Waals surface area contributed by atoms with E-state index in [1.165, 1.54) is 58.4 Å². The van der Waals surface area contributed by atoms with Crippen LogP contribution in [-0.4, -0.2) is 4.57 Å². The van der Waals surface area contributed by atoms with Crippen LogP contribution in [0.25, 0.3) is 58.4 Å². The zero-order valence-electron chi connectivity index (χ0n) is 16.2. The number of rotatable bonds is 1. The van der Waals surface area contributed by atoms with E-state index in [0.29, 0.717) is 0 Å². The molecule has 7 rings (SSSR count). The van der Waals surface area contributed by atoms with Crippen molar-refractivity contribution in [2.75, 3.05) is 0 Å². The van der Waals surface area contributed by atoms with Crippen LogP contribution in [0.1, 0.15) is 0 Å². The lowest BCUT2D eigenvalue weighted by Crippen LogP contribution is -1.95. The highest BCUT2D eigenvalue weighted by atomic mass is 32.1. The average molecular weight is 400 g/mol. The van der Waals surface area contributed by atoms with Crippen LogP contribution in [0.3, 0.4) is 0 Å². The first-order chi connectivity index (χ1) is 14.9. The summed E-state index contributed by atoms with van der Waals surface area (Å²) >= 11 is 1.91. The van der Waals surface area contributed by atoms with Crippen LogP contribution >= 0.6 is 11.3 Å². The smallest absolute Gasteiger partial charge is 0.0728 e. The van der Waals surface area contributed by atoms with Gasteiger partial charge in [-0.2, -0.15) is 0 Å². The number of nitrogens with zero attached hydrogens (tertiary/aromatic N) is 1. The third kappa shape index (κ3) is 2.06. The molecule has 30 heavy (non-hydrogen) atoms. The zero-order chi connectivity index (χ0) is 19.7. The molecule has 0 fully saturated rings. The van der Waals surface area contributed by atoms with Crippen molar-refractivity contribution >= 4 is 64.1 Å². The number of fused-ring (bicyclic) bond motifs is 8. The molecule has 2 aromatic heterocycles. The van der Waals surface area contributed by atoms with Gasteiger partial charge in [0, 0.05) is 20.9 Å². The Morgan fingerprint density at radius 3 is 2.07 bits per heavy atom. The molecule has 0 atom stereocenters. The fourth-order valence-corrected chi connectivity index (χ4v) is 6.14. The summed E-state index contributed by atoms with van der Waals surface area (Å²) in [4.78, 5) is 0. The largest absolute Gasteiger partial charge is 0.307 e. The van der Waals surface area contributed by atoms with Crippen molar-refractivity contribution in [2.24, 2.45) is 0 Å². The van der Waals surface area contributed by atoms with Crippen molar-refractivity contribution < 1.29 is 0 Å².